The van der Waals surface area contributed by atoms with Gasteiger partial charge in [0.15, 0.2) is 5.82 Å². The first-order valence-electron chi connectivity index (χ1n) is 5.60. The van der Waals surface area contributed by atoms with Crippen LogP contribution in [-0.4, -0.2) is 15.4 Å². The second-order valence-electron chi connectivity index (χ2n) is 6.07. The summed E-state index contributed by atoms with van der Waals surface area (Å²) in [6.07, 6.45) is 0. The molecule has 3 nitrogen and oxygen atoms in total. The molecule has 0 N–H and O–H groups in total. The zero-order chi connectivity index (χ0) is 12.1. The number of hydrogen-bond donors (Lipinski definition) is 0. The van der Waals surface area contributed by atoms with Crippen LogP contribution in [0.5, 0.6) is 0 Å². The Balaban J connectivity index is 2.46. The SMILES string of the molecule is CC1(C)Cn2nc(C(C)(C)C)c(F)c2CO1. The molecule has 0 amide bonds. The quantitative estimate of drug-likeness (QED) is 0.680. The van der Waals surface area contributed by atoms with E-state index in [9.17, 15) is 4.39 Å². The second kappa shape index (κ2) is 3.29. The topological polar surface area (TPSA) is 27.1 Å². The van der Waals surface area contributed by atoms with Crippen molar-refractivity contribution < 1.29 is 9.13 Å². The Kier molecular flexibility index (Phi) is 2.38. The lowest BCUT2D eigenvalue weighted by molar-refractivity contribution is -0.0674. The number of hydrogen-bond acceptors (Lipinski definition) is 2. The summed E-state index contributed by atoms with van der Waals surface area (Å²) < 4.78 is 21.4. The fraction of sp³-hybridized carbons (Fsp3) is 0.750. The molecule has 1 aliphatic rings. The van der Waals surface area contributed by atoms with Gasteiger partial charge in [-0.2, -0.15) is 5.10 Å². The molecule has 4 heteroatoms. The van der Waals surface area contributed by atoms with Gasteiger partial charge in [0.1, 0.15) is 11.4 Å². The Morgan fingerprint density at radius 2 is 2.00 bits per heavy atom. The van der Waals surface area contributed by atoms with Crippen molar-refractivity contribution in [2.24, 2.45) is 0 Å². The average Bonchev–Trinajstić information content (AvgIpc) is 2.40. The molecule has 0 radical (unpaired) electrons. The maximum atomic E-state index is 14.1. The molecule has 16 heavy (non-hydrogen) atoms. The predicted octanol–water partition coefficient (Wildman–Crippen LogP) is 2.63. The molecule has 0 bridgehead atoms. The highest BCUT2D eigenvalue weighted by Gasteiger charge is 2.33. The maximum absolute atomic E-state index is 14.1. The normalized spacial score (nSPS) is 19.6. The van der Waals surface area contributed by atoms with Crippen LogP contribution in [0.4, 0.5) is 4.39 Å². The van der Waals surface area contributed by atoms with E-state index in [-0.39, 0.29) is 16.8 Å². The van der Waals surface area contributed by atoms with Gasteiger partial charge >= 0.3 is 0 Å². The van der Waals surface area contributed by atoms with E-state index in [0.717, 1.165) is 0 Å². The summed E-state index contributed by atoms with van der Waals surface area (Å²) >= 11 is 0. The number of aromatic nitrogens is 2. The van der Waals surface area contributed by atoms with Gasteiger partial charge in [0, 0.05) is 5.41 Å². The summed E-state index contributed by atoms with van der Waals surface area (Å²) in [6, 6.07) is 0. The third-order valence-electron chi connectivity index (χ3n) is 2.83. The van der Waals surface area contributed by atoms with Gasteiger partial charge in [-0.3, -0.25) is 4.68 Å². The van der Waals surface area contributed by atoms with Crippen LogP contribution >= 0.6 is 0 Å². The van der Waals surface area contributed by atoms with Gasteiger partial charge in [-0.05, 0) is 13.8 Å². The van der Waals surface area contributed by atoms with E-state index in [4.69, 9.17) is 4.74 Å². The van der Waals surface area contributed by atoms with Crippen LogP contribution in [0.15, 0.2) is 0 Å². The number of fused-ring (bicyclic) bond motifs is 1. The molecule has 0 atom stereocenters. The first kappa shape index (κ1) is 11.6. The van der Waals surface area contributed by atoms with Crippen molar-refractivity contribution in [3.63, 3.8) is 0 Å². The number of rotatable bonds is 0. The molecule has 1 aromatic heterocycles. The van der Waals surface area contributed by atoms with Gasteiger partial charge in [0.05, 0.1) is 18.8 Å². The van der Waals surface area contributed by atoms with E-state index >= 15 is 0 Å². The fourth-order valence-electron chi connectivity index (χ4n) is 1.89. The van der Waals surface area contributed by atoms with Gasteiger partial charge in [-0.1, -0.05) is 20.8 Å². The van der Waals surface area contributed by atoms with Gasteiger partial charge < -0.3 is 4.74 Å². The van der Waals surface area contributed by atoms with E-state index in [1.54, 1.807) is 4.68 Å². The van der Waals surface area contributed by atoms with Gasteiger partial charge in [-0.25, -0.2) is 4.39 Å². The fourth-order valence-corrected chi connectivity index (χ4v) is 1.89. The molecule has 0 spiro atoms. The average molecular weight is 226 g/mol. The molecular weight excluding hydrogens is 207 g/mol. The molecule has 1 aromatic rings. The minimum Gasteiger partial charge on any atom is -0.367 e. The first-order valence-corrected chi connectivity index (χ1v) is 5.60. The van der Waals surface area contributed by atoms with Crippen molar-refractivity contribution in [2.45, 2.75) is 58.8 Å². The van der Waals surface area contributed by atoms with Gasteiger partial charge in [0.2, 0.25) is 0 Å². The number of halogens is 1. The summed E-state index contributed by atoms with van der Waals surface area (Å²) in [6.45, 7) is 10.8. The van der Waals surface area contributed by atoms with Crippen molar-refractivity contribution in [1.29, 1.82) is 0 Å². The molecule has 90 valence electrons. The summed E-state index contributed by atoms with van der Waals surface area (Å²) in [5.74, 6) is -0.206. The molecule has 0 saturated carbocycles. The first-order chi connectivity index (χ1) is 7.21. The molecule has 0 fully saturated rings. The largest absolute Gasteiger partial charge is 0.367 e. The standard InChI is InChI=1S/C12H19FN2O/c1-11(2,3)10-9(13)8-6-16-12(4,5)7-15(8)14-10/h6-7H2,1-5H3. The second-order valence-corrected chi connectivity index (χ2v) is 6.07. The zero-order valence-corrected chi connectivity index (χ0v) is 10.6. The lowest BCUT2D eigenvalue weighted by Crippen LogP contribution is -2.36. The summed E-state index contributed by atoms with van der Waals surface area (Å²) in [5.41, 5.74) is 0.576. The molecule has 0 aromatic carbocycles. The highest BCUT2D eigenvalue weighted by Crippen LogP contribution is 2.30. The van der Waals surface area contributed by atoms with E-state index in [2.05, 4.69) is 5.10 Å². The van der Waals surface area contributed by atoms with E-state index in [1.807, 2.05) is 34.6 Å². The van der Waals surface area contributed by atoms with Crippen LogP contribution in [0.2, 0.25) is 0 Å². The van der Waals surface area contributed by atoms with Crippen LogP contribution in [0.3, 0.4) is 0 Å². The van der Waals surface area contributed by atoms with E-state index in [1.165, 1.54) is 0 Å². The molecular formula is C12H19FN2O. The van der Waals surface area contributed by atoms with E-state index < -0.39 is 0 Å². The molecule has 0 unspecified atom stereocenters. The van der Waals surface area contributed by atoms with Crippen LogP contribution in [0.1, 0.15) is 46.0 Å². The van der Waals surface area contributed by atoms with Crippen molar-refractivity contribution in [3.8, 4) is 0 Å². The molecule has 2 rings (SSSR count). The monoisotopic (exact) mass is 226 g/mol. The molecule has 0 aliphatic carbocycles. The number of ether oxygens (including phenoxy) is 1. The lowest BCUT2D eigenvalue weighted by Gasteiger charge is -2.30. The molecule has 0 saturated heterocycles. The van der Waals surface area contributed by atoms with Crippen LogP contribution in [0.25, 0.3) is 0 Å². The molecule has 2 heterocycles. The summed E-state index contributed by atoms with van der Waals surface area (Å²) in [7, 11) is 0. The van der Waals surface area contributed by atoms with Crippen LogP contribution < -0.4 is 0 Å². The third-order valence-corrected chi connectivity index (χ3v) is 2.83. The summed E-state index contributed by atoms with van der Waals surface area (Å²) in [4.78, 5) is 0. The smallest absolute Gasteiger partial charge is 0.170 e. The van der Waals surface area contributed by atoms with Crippen LogP contribution in [0, 0.1) is 5.82 Å². The Labute approximate surface area is 95.6 Å². The highest BCUT2D eigenvalue weighted by molar-refractivity contribution is 5.21. The van der Waals surface area contributed by atoms with Crippen molar-refractivity contribution >= 4 is 0 Å². The maximum Gasteiger partial charge on any atom is 0.170 e. The van der Waals surface area contributed by atoms with Crippen molar-refractivity contribution in [1.82, 2.24) is 9.78 Å². The third kappa shape index (κ3) is 1.86. The minimum absolute atomic E-state index is 0.206. The van der Waals surface area contributed by atoms with E-state index in [0.29, 0.717) is 24.5 Å². The zero-order valence-electron chi connectivity index (χ0n) is 10.6. The predicted molar refractivity (Wildman–Crippen MR) is 59.8 cm³/mol. The van der Waals surface area contributed by atoms with Crippen LogP contribution in [-0.2, 0) is 23.3 Å². The Bertz CT molecular complexity index is 415. The Hall–Kier alpha value is -0.900. The van der Waals surface area contributed by atoms with Crippen molar-refractivity contribution in [3.05, 3.63) is 17.2 Å². The Morgan fingerprint density at radius 1 is 1.38 bits per heavy atom. The number of nitrogens with zero attached hydrogens (tertiary/aromatic N) is 2. The van der Waals surface area contributed by atoms with Crippen molar-refractivity contribution in [2.75, 3.05) is 0 Å². The highest BCUT2D eigenvalue weighted by atomic mass is 19.1. The minimum atomic E-state index is -0.265. The van der Waals surface area contributed by atoms with Gasteiger partial charge in [0.25, 0.3) is 0 Å². The Morgan fingerprint density at radius 3 is 2.56 bits per heavy atom. The molecule has 1 aliphatic heterocycles. The summed E-state index contributed by atoms with van der Waals surface area (Å²) in [5, 5.41) is 4.38. The van der Waals surface area contributed by atoms with Gasteiger partial charge in [-0.15, -0.1) is 0 Å². The lowest BCUT2D eigenvalue weighted by atomic mass is 9.92.